The number of aromatic nitrogens is 2. The van der Waals surface area contributed by atoms with Crippen molar-refractivity contribution in [2.75, 3.05) is 25.5 Å². The molecule has 1 aromatic carbocycles. The average Bonchev–Trinajstić information content (AvgIpc) is 3.09. The van der Waals surface area contributed by atoms with Crippen molar-refractivity contribution in [1.82, 2.24) is 14.9 Å². The van der Waals surface area contributed by atoms with Crippen LogP contribution in [0.5, 0.6) is 5.75 Å². The third-order valence-electron chi connectivity index (χ3n) is 3.61. The Morgan fingerprint density at radius 1 is 1.23 bits per heavy atom. The minimum atomic E-state index is -0.0436. The van der Waals surface area contributed by atoms with E-state index in [2.05, 4.69) is 15.3 Å². The molecule has 0 unspecified atom stereocenters. The van der Waals surface area contributed by atoms with Crippen LogP contribution in [0, 0.1) is 0 Å². The zero-order valence-corrected chi connectivity index (χ0v) is 12.5. The molecule has 1 saturated heterocycles. The predicted molar refractivity (Wildman–Crippen MR) is 83.4 cm³/mol. The molecule has 1 aliphatic rings. The summed E-state index contributed by atoms with van der Waals surface area (Å²) in [5.41, 5.74) is 1.24. The van der Waals surface area contributed by atoms with Crippen LogP contribution in [-0.4, -0.2) is 41.0 Å². The normalized spacial score (nSPS) is 14.0. The molecule has 2 aromatic rings. The van der Waals surface area contributed by atoms with Gasteiger partial charge in [0.15, 0.2) is 0 Å². The fourth-order valence-electron chi connectivity index (χ4n) is 2.43. The van der Waals surface area contributed by atoms with Gasteiger partial charge in [0.25, 0.3) is 5.91 Å². The largest absolute Gasteiger partial charge is 0.497 e. The molecule has 1 amide bonds. The molecule has 0 atom stereocenters. The Morgan fingerprint density at radius 2 is 2.05 bits per heavy atom. The Labute approximate surface area is 129 Å². The first kappa shape index (κ1) is 14.3. The first-order chi connectivity index (χ1) is 10.8. The Balaban J connectivity index is 1.69. The number of benzene rings is 1. The predicted octanol–water partition coefficient (Wildman–Crippen LogP) is 2.46. The molecule has 1 fully saturated rings. The van der Waals surface area contributed by atoms with Gasteiger partial charge in [0, 0.05) is 24.8 Å². The highest BCUT2D eigenvalue weighted by Gasteiger charge is 2.20. The molecule has 22 heavy (non-hydrogen) atoms. The number of nitrogens with zero attached hydrogens (tertiary/aromatic N) is 3. The van der Waals surface area contributed by atoms with Crippen molar-refractivity contribution in [3.63, 3.8) is 0 Å². The number of hydrogen-bond acceptors (Lipinski definition) is 5. The summed E-state index contributed by atoms with van der Waals surface area (Å²) in [6, 6.07) is 7.53. The number of amides is 1. The fourth-order valence-corrected chi connectivity index (χ4v) is 2.43. The molecule has 6 nitrogen and oxygen atoms in total. The lowest BCUT2D eigenvalue weighted by molar-refractivity contribution is 0.0786. The molecule has 0 bridgehead atoms. The third kappa shape index (κ3) is 3.16. The summed E-state index contributed by atoms with van der Waals surface area (Å²) in [5.74, 6) is 1.31. The van der Waals surface area contributed by atoms with Gasteiger partial charge in [-0.3, -0.25) is 4.79 Å². The number of methoxy groups -OCH3 is 1. The molecule has 2 heterocycles. The van der Waals surface area contributed by atoms with Crippen LogP contribution in [0.4, 0.5) is 11.5 Å². The SMILES string of the molecule is COc1cccc(Nc2cnc(C(=O)N3CCCC3)cn2)c1. The first-order valence-corrected chi connectivity index (χ1v) is 7.28. The highest BCUT2D eigenvalue weighted by Crippen LogP contribution is 2.20. The van der Waals surface area contributed by atoms with Gasteiger partial charge in [-0.05, 0) is 25.0 Å². The molecule has 1 aromatic heterocycles. The molecule has 0 saturated carbocycles. The Bertz CT molecular complexity index is 651. The smallest absolute Gasteiger partial charge is 0.274 e. The van der Waals surface area contributed by atoms with Gasteiger partial charge in [0.05, 0.1) is 19.5 Å². The van der Waals surface area contributed by atoms with Crippen LogP contribution in [0.1, 0.15) is 23.3 Å². The van der Waals surface area contributed by atoms with Gasteiger partial charge in [-0.25, -0.2) is 9.97 Å². The lowest BCUT2D eigenvalue weighted by Crippen LogP contribution is -2.28. The fraction of sp³-hybridized carbons (Fsp3) is 0.312. The van der Waals surface area contributed by atoms with Crippen LogP contribution in [0.3, 0.4) is 0 Å². The Hall–Kier alpha value is -2.63. The minimum Gasteiger partial charge on any atom is -0.497 e. The van der Waals surface area contributed by atoms with Gasteiger partial charge in [0.1, 0.15) is 17.3 Å². The van der Waals surface area contributed by atoms with E-state index in [-0.39, 0.29) is 5.91 Å². The van der Waals surface area contributed by atoms with Crippen molar-refractivity contribution < 1.29 is 9.53 Å². The van der Waals surface area contributed by atoms with Crippen LogP contribution < -0.4 is 10.1 Å². The second-order valence-corrected chi connectivity index (χ2v) is 5.14. The number of carbonyl (C=O) groups excluding carboxylic acids is 1. The van der Waals surface area contributed by atoms with E-state index in [1.54, 1.807) is 13.3 Å². The number of anilines is 2. The van der Waals surface area contributed by atoms with Gasteiger partial charge in [-0.2, -0.15) is 0 Å². The maximum Gasteiger partial charge on any atom is 0.274 e. The highest BCUT2D eigenvalue weighted by atomic mass is 16.5. The minimum absolute atomic E-state index is 0.0436. The maximum atomic E-state index is 12.2. The summed E-state index contributed by atoms with van der Waals surface area (Å²) < 4.78 is 5.17. The van der Waals surface area contributed by atoms with Gasteiger partial charge in [-0.15, -0.1) is 0 Å². The molecule has 1 N–H and O–H groups in total. The molecular weight excluding hydrogens is 280 g/mol. The molecule has 114 valence electrons. The zero-order valence-electron chi connectivity index (χ0n) is 12.5. The van der Waals surface area contributed by atoms with Crippen LogP contribution in [-0.2, 0) is 0 Å². The number of ether oxygens (including phenoxy) is 1. The summed E-state index contributed by atoms with van der Waals surface area (Å²) in [4.78, 5) is 22.5. The molecule has 0 radical (unpaired) electrons. The molecule has 0 spiro atoms. The molecular formula is C16H18N4O2. The summed E-state index contributed by atoms with van der Waals surface area (Å²) in [6.07, 6.45) is 5.22. The molecule has 0 aliphatic carbocycles. The van der Waals surface area contributed by atoms with E-state index >= 15 is 0 Å². The van der Waals surface area contributed by atoms with Crippen LogP contribution in [0.15, 0.2) is 36.7 Å². The van der Waals surface area contributed by atoms with Crippen molar-refractivity contribution in [2.45, 2.75) is 12.8 Å². The molecule has 3 rings (SSSR count). The van der Waals surface area contributed by atoms with Crippen LogP contribution >= 0.6 is 0 Å². The summed E-state index contributed by atoms with van der Waals surface area (Å²) in [6.45, 7) is 1.62. The van der Waals surface area contributed by atoms with Crippen molar-refractivity contribution in [3.05, 3.63) is 42.4 Å². The monoisotopic (exact) mass is 298 g/mol. The van der Waals surface area contributed by atoms with E-state index in [1.807, 2.05) is 29.2 Å². The lowest BCUT2D eigenvalue weighted by Gasteiger charge is -2.14. The number of nitrogens with one attached hydrogen (secondary N) is 1. The lowest BCUT2D eigenvalue weighted by atomic mass is 10.3. The van der Waals surface area contributed by atoms with Crippen molar-refractivity contribution in [2.24, 2.45) is 0 Å². The van der Waals surface area contributed by atoms with Crippen molar-refractivity contribution in [3.8, 4) is 5.75 Å². The van der Waals surface area contributed by atoms with E-state index in [0.29, 0.717) is 11.5 Å². The van der Waals surface area contributed by atoms with Gasteiger partial charge in [-0.1, -0.05) is 6.07 Å². The van der Waals surface area contributed by atoms with E-state index in [4.69, 9.17) is 4.74 Å². The Kier molecular flexibility index (Phi) is 4.18. The van der Waals surface area contributed by atoms with E-state index in [0.717, 1.165) is 37.4 Å². The highest BCUT2D eigenvalue weighted by molar-refractivity contribution is 5.92. The standard InChI is InChI=1S/C16H18N4O2/c1-22-13-6-4-5-12(9-13)19-15-11-17-14(10-18-15)16(21)20-7-2-3-8-20/h4-6,9-11H,2-3,7-8H2,1H3,(H,18,19). The average molecular weight is 298 g/mol. The van der Waals surface area contributed by atoms with Gasteiger partial charge < -0.3 is 15.0 Å². The van der Waals surface area contributed by atoms with Crippen LogP contribution in [0.2, 0.25) is 0 Å². The summed E-state index contributed by atoms with van der Waals surface area (Å²) in [5, 5.41) is 3.14. The number of rotatable bonds is 4. The van der Waals surface area contributed by atoms with E-state index in [1.165, 1.54) is 6.20 Å². The number of likely N-dealkylation sites (tertiary alicyclic amines) is 1. The van der Waals surface area contributed by atoms with Crippen molar-refractivity contribution in [1.29, 1.82) is 0 Å². The molecule has 6 heteroatoms. The zero-order chi connectivity index (χ0) is 15.4. The first-order valence-electron chi connectivity index (χ1n) is 7.28. The topological polar surface area (TPSA) is 67.3 Å². The Morgan fingerprint density at radius 3 is 2.73 bits per heavy atom. The second kappa shape index (κ2) is 6.43. The van der Waals surface area contributed by atoms with Crippen LogP contribution in [0.25, 0.3) is 0 Å². The van der Waals surface area contributed by atoms with Gasteiger partial charge >= 0.3 is 0 Å². The van der Waals surface area contributed by atoms with E-state index < -0.39 is 0 Å². The maximum absolute atomic E-state index is 12.2. The van der Waals surface area contributed by atoms with Gasteiger partial charge in [0.2, 0.25) is 0 Å². The van der Waals surface area contributed by atoms with Crippen molar-refractivity contribution >= 4 is 17.4 Å². The number of hydrogen-bond donors (Lipinski definition) is 1. The van der Waals surface area contributed by atoms with E-state index in [9.17, 15) is 4.79 Å². The summed E-state index contributed by atoms with van der Waals surface area (Å²) in [7, 11) is 1.62. The second-order valence-electron chi connectivity index (χ2n) is 5.14. The third-order valence-corrected chi connectivity index (χ3v) is 3.61. The quantitative estimate of drug-likeness (QED) is 0.939. The summed E-state index contributed by atoms with van der Waals surface area (Å²) >= 11 is 0. The number of carbonyl (C=O) groups is 1. The molecule has 1 aliphatic heterocycles.